The maximum atomic E-state index is 2.69. The summed E-state index contributed by atoms with van der Waals surface area (Å²) < 4.78 is 2.82. The predicted molar refractivity (Wildman–Crippen MR) is 300 cm³/mol. The van der Waals surface area contributed by atoms with Crippen molar-refractivity contribution < 1.29 is 0 Å². The second-order valence-electron chi connectivity index (χ2n) is 24.3. The molecule has 0 saturated carbocycles. The molecule has 4 aliphatic rings. The second kappa shape index (κ2) is 15.2. The van der Waals surface area contributed by atoms with Gasteiger partial charge in [0.05, 0.1) is 11.4 Å². The van der Waals surface area contributed by atoms with Crippen LogP contribution in [-0.2, 0) is 27.1 Å². The molecule has 0 unspecified atom stereocenters. The maximum Gasteiger partial charge on any atom is 0.264 e. The minimum atomic E-state index is 0.0163. The van der Waals surface area contributed by atoms with Crippen LogP contribution in [0.1, 0.15) is 130 Å². The molecule has 0 saturated heterocycles. The summed E-state index contributed by atoms with van der Waals surface area (Å²) in [4.78, 5) is 7.77. The Morgan fingerprint density at radius 1 is 0.478 bits per heavy atom. The van der Waals surface area contributed by atoms with Crippen molar-refractivity contribution in [1.29, 1.82) is 0 Å². The van der Waals surface area contributed by atoms with Gasteiger partial charge in [-0.05, 0) is 170 Å². The summed E-state index contributed by atoms with van der Waals surface area (Å²) in [5.41, 5.74) is 21.3. The van der Waals surface area contributed by atoms with Crippen LogP contribution >= 0.6 is 11.3 Å². The van der Waals surface area contributed by atoms with E-state index in [1.807, 2.05) is 11.3 Å². The van der Waals surface area contributed by atoms with E-state index in [1.54, 1.807) is 0 Å². The van der Waals surface area contributed by atoms with Crippen molar-refractivity contribution in [3.05, 3.63) is 179 Å². The molecular formula is C64H66BN3S. The van der Waals surface area contributed by atoms with Crippen LogP contribution in [0.25, 0.3) is 10.1 Å². The van der Waals surface area contributed by atoms with Crippen LogP contribution < -0.4 is 30.4 Å². The average Bonchev–Trinajstić information content (AvgIpc) is 3.70. The first kappa shape index (κ1) is 44.2. The summed E-state index contributed by atoms with van der Waals surface area (Å²) in [7, 11) is 0. The number of para-hydroxylation sites is 3. The molecule has 12 rings (SSSR count). The van der Waals surface area contributed by atoms with Gasteiger partial charge in [-0.3, -0.25) is 0 Å². The molecular weight excluding hydrogens is 854 g/mol. The maximum absolute atomic E-state index is 2.69. The normalized spacial score (nSPS) is 17.9. The van der Waals surface area contributed by atoms with Crippen LogP contribution in [0.4, 0.5) is 51.2 Å². The molecule has 1 aromatic heterocycles. The highest BCUT2D eigenvalue weighted by molar-refractivity contribution is 7.33. The van der Waals surface area contributed by atoms with E-state index in [9.17, 15) is 0 Å². The smallest absolute Gasteiger partial charge is 0.264 e. The summed E-state index contributed by atoms with van der Waals surface area (Å²) in [5.74, 6) is 0. The molecule has 0 spiro atoms. The van der Waals surface area contributed by atoms with E-state index in [2.05, 4.69) is 243 Å². The van der Waals surface area contributed by atoms with Crippen LogP contribution in [0.5, 0.6) is 0 Å². The van der Waals surface area contributed by atoms with Gasteiger partial charge < -0.3 is 14.7 Å². The Morgan fingerprint density at radius 2 is 0.942 bits per heavy atom. The van der Waals surface area contributed by atoms with Crippen molar-refractivity contribution in [2.75, 3.05) is 14.7 Å². The van der Waals surface area contributed by atoms with Crippen LogP contribution in [0.3, 0.4) is 0 Å². The van der Waals surface area contributed by atoms with Gasteiger partial charge in [0.25, 0.3) is 6.71 Å². The zero-order chi connectivity index (χ0) is 48.0. The lowest BCUT2D eigenvalue weighted by Crippen LogP contribution is -2.61. The summed E-state index contributed by atoms with van der Waals surface area (Å²) in [6.45, 7) is 26.8. The lowest BCUT2D eigenvalue weighted by Gasteiger charge is -2.47. The van der Waals surface area contributed by atoms with E-state index in [0.29, 0.717) is 0 Å². The molecule has 0 atom stereocenters. The summed E-state index contributed by atoms with van der Waals surface area (Å²) in [6.07, 6.45) is 4.70. The Bertz CT molecular complexity index is 3280. The molecule has 8 aromatic rings. The van der Waals surface area contributed by atoms with Crippen molar-refractivity contribution in [2.45, 2.75) is 129 Å². The highest BCUT2D eigenvalue weighted by atomic mass is 32.1. The minimum absolute atomic E-state index is 0.0163. The molecule has 7 aromatic carbocycles. The minimum Gasteiger partial charge on any atom is -0.311 e. The lowest BCUT2D eigenvalue weighted by atomic mass is 9.35. The third-order valence-corrected chi connectivity index (χ3v) is 18.1. The summed E-state index contributed by atoms with van der Waals surface area (Å²) in [6, 6.07) is 58.3. The van der Waals surface area contributed by atoms with Crippen LogP contribution in [0, 0.1) is 0 Å². The number of fused-ring (bicyclic) bond motifs is 8. The van der Waals surface area contributed by atoms with Gasteiger partial charge in [0, 0.05) is 54.7 Å². The van der Waals surface area contributed by atoms with E-state index in [4.69, 9.17) is 0 Å². The highest BCUT2D eigenvalue weighted by Crippen LogP contribution is 2.55. The molecule has 0 N–H and O–H groups in total. The predicted octanol–water partition coefficient (Wildman–Crippen LogP) is 16.4. The molecule has 0 fully saturated rings. The quantitative estimate of drug-likeness (QED) is 0.159. The van der Waals surface area contributed by atoms with Gasteiger partial charge in [0.15, 0.2) is 0 Å². The number of rotatable bonds is 5. The molecule has 0 radical (unpaired) electrons. The Kier molecular flexibility index (Phi) is 9.76. The first-order chi connectivity index (χ1) is 32.8. The second-order valence-corrected chi connectivity index (χ2v) is 25.4. The number of anilines is 9. The van der Waals surface area contributed by atoms with Crippen molar-refractivity contribution in [2.24, 2.45) is 0 Å². The largest absolute Gasteiger partial charge is 0.311 e. The van der Waals surface area contributed by atoms with Crippen molar-refractivity contribution in [3.8, 4) is 0 Å². The van der Waals surface area contributed by atoms with Gasteiger partial charge >= 0.3 is 0 Å². The van der Waals surface area contributed by atoms with Gasteiger partial charge in [-0.25, -0.2) is 0 Å². The monoisotopic (exact) mass is 920 g/mol. The Morgan fingerprint density at radius 3 is 1.48 bits per heavy atom. The van der Waals surface area contributed by atoms with Gasteiger partial charge in [-0.15, -0.1) is 11.3 Å². The van der Waals surface area contributed by atoms with E-state index in [0.717, 1.165) is 23.5 Å². The Hall–Kier alpha value is -6.04. The van der Waals surface area contributed by atoms with Crippen molar-refractivity contribution >= 4 is 95.0 Å². The number of thiophene rings is 1. The SMILES string of the molecule is CC(C)(C)c1ccc(N2c3cc4c(cc3B3c5sc6cc7c(cc6c5N(c5ccccc5)c5cc(N(c6ccccc6)c6ccccc6)cc2c53)C(C)(C)CCC7(C)C)C(C)(C)CCC4(C)C)cc1. The average molecular weight is 920 g/mol. The Balaban J connectivity index is 1.25. The number of hydrogen-bond donors (Lipinski definition) is 0. The molecule has 5 heteroatoms. The van der Waals surface area contributed by atoms with Crippen molar-refractivity contribution in [3.63, 3.8) is 0 Å². The summed E-state index contributed by atoms with van der Waals surface area (Å²) >= 11 is 2.05. The van der Waals surface area contributed by atoms with Gasteiger partial charge in [-0.1, -0.05) is 149 Å². The fraction of sp³-hybridized carbons (Fsp3) is 0.312. The lowest BCUT2D eigenvalue weighted by molar-refractivity contribution is 0.332. The molecule has 0 bridgehead atoms. The number of hydrogen-bond acceptors (Lipinski definition) is 4. The van der Waals surface area contributed by atoms with E-state index in [-0.39, 0.29) is 33.8 Å². The van der Waals surface area contributed by atoms with Crippen LogP contribution in [-0.4, -0.2) is 6.71 Å². The standard InChI is InChI=1S/C64H66BN3S/c1-60(2,3)41-27-29-45(30-28-41)67-53-39-50-49(62(6,7)32-33-63(50,8)9)38-52(53)65-57-54(67)35-46(66(42-21-15-12-16-22-42)43-23-17-13-18-24-43)36-55(57)68(44-25-19-14-20-26-44)58-47-37-48-51(40-56(47)69-59(58)65)64(10,11)34-31-61(48,4)5/h12-30,35-40H,31-34H2,1-11H3. The first-order valence-electron chi connectivity index (χ1n) is 25.5. The third kappa shape index (κ3) is 6.88. The summed E-state index contributed by atoms with van der Waals surface area (Å²) in [5, 5.41) is 1.37. The highest BCUT2D eigenvalue weighted by Gasteiger charge is 2.49. The van der Waals surface area contributed by atoms with Gasteiger partial charge in [-0.2, -0.15) is 0 Å². The number of nitrogens with zero attached hydrogens (tertiary/aromatic N) is 3. The van der Waals surface area contributed by atoms with E-state index >= 15 is 0 Å². The third-order valence-electron chi connectivity index (χ3n) is 16.9. The molecule has 3 nitrogen and oxygen atoms in total. The fourth-order valence-electron chi connectivity index (χ4n) is 12.6. The first-order valence-corrected chi connectivity index (χ1v) is 26.3. The van der Waals surface area contributed by atoms with Crippen molar-refractivity contribution in [1.82, 2.24) is 0 Å². The van der Waals surface area contributed by atoms with E-state index in [1.165, 1.54) is 107 Å². The topological polar surface area (TPSA) is 9.72 Å². The fourth-order valence-corrected chi connectivity index (χ4v) is 13.9. The molecule has 3 heterocycles. The molecule has 2 aliphatic carbocycles. The van der Waals surface area contributed by atoms with Crippen LogP contribution in [0.2, 0.25) is 0 Å². The molecule has 0 amide bonds. The molecule has 346 valence electrons. The number of benzene rings is 7. The molecule has 69 heavy (non-hydrogen) atoms. The van der Waals surface area contributed by atoms with E-state index < -0.39 is 0 Å². The van der Waals surface area contributed by atoms with Gasteiger partial charge in [0.1, 0.15) is 0 Å². The Labute approximate surface area is 415 Å². The molecule has 2 aliphatic heterocycles. The van der Waals surface area contributed by atoms with Crippen LogP contribution in [0.15, 0.2) is 152 Å². The zero-order valence-corrected chi connectivity index (χ0v) is 43.4. The van der Waals surface area contributed by atoms with Gasteiger partial charge in [0.2, 0.25) is 0 Å². The zero-order valence-electron chi connectivity index (χ0n) is 42.6.